The Balaban J connectivity index is 0.00000363. The molecule has 11 heteroatoms. The summed E-state index contributed by atoms with van der Waals surface area (Å²) in [4.78, 5) is 42.1. The van der Waals surface area contributed by atoms with Crippen LogP contribution in [0.15, 0.2) is 24.3 Å². The molecule has 2 amide bonds. The Hall–Kier alpha value is -2.33. The van der Waals surface area contributed by atoms with Gasteiger partial charge in [0.05, 0.1) is 18.0 Å². The zero-order valence-electron chi connectivity index (χ0n) is 17.7. The standard InChI is InChI=1S/C21H26F3N3O4.ClH/c1-14(28)26-10-11-27(19(20(30)31)17(26)13-25-8-2-3-9-25)18(29)12-15-4-6-16(7-5-15)21(22,23)24;/h4-7,17,19H,2-3,8-13H2,1H3,(H,30,31);1H/t17-,19+;/m0./s1. The van der Waals surface area contributed by atoms with E-state index < -0.39 is 35.7 Å². The summed E-state index contributed by atoms with van der Waals surface area (Å²) in [6, 6.07) is 2.37. The number of nitrogens with zero attached hydrogens (tertiary/aromatic N) is 3. The number of carboxylic acids is 1. The monoisotopic (exact) mass is 477 g/mol. The summed E-state index contributed by atoms with van der Waals surface area (Å²) >= 11 is 0. The lowest BCUT2D eigenvalue weighted by Gasteiger charge is -2.46. The van der Waals surface area contributed by atoms with Crippen LogP contribution in [-0.4, -0.2) is 82.4 Å². The average Bonchev–Trinajstić information content (AvgIpc) is 3.20. The van der Waals surface area contributed by atoms with Gasteiger partial charge in [0, 0.05) is 26.6 Å². The summed E-state index contributed by atoms with van der Waals surface area (Å²) in [6.07, 6.45) is -2.68. The van der Waals surface area contributed by atoms with Crippen LogP contribution in [0.3, 0.4) is 0 Å². The number of hydrogen-bond acceptors (Lipinski definition) is 4. The Labute approximate surface area is 190 Å². The predicted octanol–water partition coefficient (Wildman–Crippen LogP) is 2.28. The van der Waals surface area contributed by atoms with Gasteiger partial charge in [0.15, 0.2) is 6.04 Å². The van der Waals surface area contributed by atoms with Crippen LogP contribution >= 0.6 is 12.4 Å². The number of rotatable bonds is 5. The van der Waals surface area contributed by atoms with Gasteiger partial charge in [0.25, 0.3) is 0 Å². The van der Waals surface area contributed by atoms with Gasteiger partial charge in [-0.25, -0.2) is 4.79 Å². The molecule has 0 unspecified atom stereocenters. The SMILES string of the molecule is CC(=O)N1CCN(C(=O)Cc2ccc(C(F)(F)F)cc2)[C@@H](C(=O)O)[C@@H]1CN1CCCC1.Cl. The summed E-state index contributed by atoms with van der Waals surface area (Å²) < 4.78 is 38.2. The van der Waals surface area contributed by atoms with E-state index in [4.69, 9.17) is 0 Å². The van der Waals surface area contributed by atoms with Crippen molar-refractivity contribution in [3.05, 3.63) is 35.4 Å². The summed E-state index contributed by atoms with van der Waals surface area (Å²) in [7, 11) is 0. The van der Waals surface area contributed by atoms with Crippen molar-refractivity contribution in [3.63, 3.8) is 0 Å². The van der Waals surface area contributed by atoms with E-state index in [1.54, 1.807) is 0 Å². The van der Waals surface area contributed by atoms with Crippen LogP contribution in [0.2, 0.25) is 0 Å². The molecule has 178 valence electrons. The number of piperazine rings is 1. The van der Waals surface area contributed by atoms with Crippen LogP contribution in [0.4, 0.5) is 13.2 Å². The zero-order chi connectivity index (χ0) is 22.8. The summed E-state index contributed by atoms with van der Waals surface area (Å²) in [6.45, 7) is 3.65. The second-order valence-corrected chi connectivity index (χ2v) is 8.03. The molecule has 1 aromatic carbocycles. The lowest BCUT2D eigenvalue weighted by Crippen LogP contribution is -2.67. The first-order valence-electron chi connectivity index (χ1n) is 10.3. The third kappa shape index (κ3) is 5.92. The van der Waals surface area contributed by atoms with Gasteiger partial charge >= 0.3 is 12.1 Å². The molecular weight excluding hydrogens is 451 g/mol. The Bertz CT molecular complexity index is 829. The fraction of sp³-hybridized carbons (Fsp3) is 0.571. The van der Waals surface area contributed by atoms with Crippen molar-refractivity contribution in [1.29, 1.82) is 0 Å². The van der Waals surface area contributed by atoms with Crippen LogP contribution < -0.4 is 0 Å². The molecule has 0 radical (unpaired) electrons. The first-order chi connectivity index (χ1) is 14.6. The highest BCUT2D eigenvalue weighted by Crippen LogP contribution is 2.29. The van der Waals surface area contributed by atoms with Crippen molar-refractivity contribution in [3.8, 4) is 0 Å². The molecule has 7 nitrogen and oxygen atoms in total. The molecule has 2 aliphatic heterocycles. The Morgan fingerprint density at radius 3 is 2.06 bits per heavy atom. The van der Waals surface area contributed by atoms with Gasteiger partial charge in [-0.3, -0.25) is 9.59 Å². The third-order valence-corrected chi connectivity index (χ3v) is 5.94. The lowest BCUT2D eigenvalue weighted by molar-refractivity contribution is -0.161. The number of amides is 2. The van der Waals surface area contributed by atoms with E-state index in [9.17, 15) is 32.7 Å². The molecule has 0 saturated carbocycles. The molecule has 2 heterocycles. The van der Waals surface area contributed by atoms with E-state index in [-0.39, 0.29) is 37.8 Å². The Kier molecular flexibility index (Phi) is 8.53. The molecule has 2 fully saturated rings. The Morgan fingerprint density at radius 1 is 1.00 bits per heavy atom. The average molecular weight is 478 g/mol. The molecule has 2 aliphatic rings. The van der Waals surface area contributed by atoms with Gasteiger partial charge < -0.3 is 19.8 Å². The van der Waals surface area contributed by atoms with Crippen LogP contribution in [-0.2, 0) is 27.0 Å². The van der Waals surface area contributed by atoms with E-state index in [1.807, 2.05) is 0 Å². The van der Waals surface area contributed by atoms with E-state index in [1.165, 1.54) is 28.9 Å². The molecule has 2 saturated heterocycles. The topological polar surface area (TPSA) is 81.2 Å². The maximum Gasteiger partial charge on any atom is 0.416 e. The first kappa shape index (κ1) is 25.9. The molecule has 0 bridgehead atoms. The van der Waals surface area contributed by atoms with E-state index in [0.717, 1.165) is 38.1 Å². The summed E-state index contributed by atoms with van der Waals surface area (Å²) in [5, 5.41) is 9.92. The van der Waals surface area contributed by atoms with Gasteiger partial charge in [-0.15, -0.1) is 12.4 Å². The van der Waals surface area contributed by atoms with Gasteiger partial charge in [-0.2, -0.15) is 13.2 Å². The highest BCUT2D eigenvalue weighted by molar-refractivity contribution is 5.87. The smallest absolute Gasteiger partial charge is 0.416 e. The van der Waals surface area contributed by atoms with Crippen molar-refractivity contribution in [2.75, 3.05) is 32.7 Å². The van der Waals surface area contributed by atoms with Crippen molar-refractivity contribution >= 4 is 30.2 Å². The van der Waals surface area contributed by atoms with Gasteiger partial charge in [-0.05, 0) is 43.6 Å². The van der Waals surface area contributed by atoms with Gasteiger partial charge in [-0.1, -0.05) is 12.1 Å². The normalized spacial score (nSPS) is 21.9. The van der Waals surface area contributed by atoms with Crippen LogP contribution in [0, 0.1) is 0 Å². The number of hydrogen-bond donors (Lipinski definition) is 1. The molecule has 1 N–H and O–H groups in total. The zero-order valence-corrected chi connectivity index (χ0v) is 18.5. The van der Waals surface area contributed by atoms with E-state index in [0.29, 0.717) is 12.1 Å². The van der Waals surface area contributed by atoms with Gasteiger partial charge in [0.2, 0.25) is 11.8 Å². The highest BCUT2D eigenvalue weighted by Gasteiger charge is 2.45. The molecule has 3 rings (SSSR count). The number of carboxylic acid groups (broad SMARTS) is 1. The quantitative estimate of drug-likeness (QED) is 0.703. The molecule has 0 aromatic heterocycles. The number of aliphatic carboxylic acids is 1. The number of carbonyl (C=O) groups excluding carboxylic acids is 2. The lowest BCUT2D eigenvalue weighted by atomic mass is 9.98. The molecule has 1 aromatic rings. The molecular formula is C21H27ClF3N3O4. The van der Waals surface area contributed by atoms with Crippen molar-refractivity contribution in [2.45, 2.75) is 44.4 Å². The number of halogens is 4. The predicted molar refractivity (Wildman–Crippen MR) is 112 cm³/mol. The first-order valence-corrected chi connectivity index (χ1v) is 10.3. The molecule has 2 atom stereocenters. The number of alkyl halides is 3. The van der Waals surface area contributed by atoms with Crippen molar-refractivity contribution < 1.29 is 32.7 Å². The highest BCUT2D eigenvalue weighted by atomic mass is 35.5. The van der Waals surface area contributed by atoms with E-state index in [2.05, 4.69) is 4.90 Å². The maximum atomic E-state index is 12.9. The largest absolute Gasteiger partial charge is 0.480 e. The van der Waals surface area contributed by atoms with Crippen LogP contribution in [0.5, 0.6) is 0 Å². The number of benzene rings is 1. The minimum absolute atomic E-state index is 0. The van der Waals surface area contributed by atoms with Crippen LogP contribution in [0.1, 0.15) is 30.9 Å². The van der Waals surface area contributed by atoms with Gasteiger partial charge in [0.1, 0.15) is 0 Å². The van der Waals surface area contributed by atoms with Crippen molar-refractivity contribution in [1.82, 2.24) is 14.7 Å². The molecule has 0 aliphatic carbocycles. The minimum atomic E-state index is -4.47. The summed E-state index contributed by atoms with van der Waals surface area (Å²) in [5.41, 5.74) is -0.444. The third-order valence-electron chi connectivity index (χ3n) is 5.94. The fourth-order valence-corrected chi connectivity index (χ4v) is 4.38. The number of carbonyl (C=O) groups is 3. The molecule has 0 spiro atoms. The van der Waals surface area contributed by atoms with Crippen molar-refractivity contribution in [2.24, 2.45) is 0 Å². The van der Waals surface area contributed by atoms with E-state index >= 15 is 0 Å². The minimum Gasteiger partial charge on any atom is -0.480 e. The summed E-state index contributed by atoms with van der Waals surface area (Å²) in [5.74, 6) is -1.93. The van der Waals surface area contributed by atoms with Crippen LogP contribution in [0.25, 0.3) is 0 Å². The molecule has 32 heavy (non-hydrogen) atoms. The fourth-order valence-electron chi connectivity index (χ4n) is 4.38. The maximum absolute atomic E-state index is 12.9. The number of likely N-dealkylation sites (tertiary alicyclic amines) is 1. The second kappa shape index (κ2) is 10.5. The Morgan fingerprint density at radius 2 is 1.56 bits per heavy atom. The second-order valence-electron chi connectivity index (χ2n) is 8.03.